The van der Waals surface area contributed by atoms with Gasteiger partial charge in [-0.1, -0.05) is 5.16 Å². The lowest BCUT2D eigenvalue weighted by Crippen LogP contribution is -2.57. The number of carbonyl (C=O) groups is 1. The first-order valence-electron chi connectivity index (χ1n) is 5.74. The molecule has 1 saturated heterocycles. The SMILES string of the molecule is CN(C)C(=O)C1CNCCN1Cc1ccno1. The average molecular weight is 238 g/mol. The zero-order valence-electron chi connectivity index (χ0n) is 10.2. The number of hydrogen-bond donors (Lipinski definition) is 1. The molecule has 17 heavy (non-hydrogen) atoms. The summed E-state index contributed by atoms with van der Waals surface area (Å²) in [6, 6.07) is 1.71. The first-order chi connectivity index (χ1) is 8.18. The van der Waals surface area contributed by atoms with Crippen LogP contribution in [0.15, 0.2) is 16.8 Å². The number of carbonyl (C=O) groups excluding carboxylic acids is 1. The fraction of sp³-hybridized carbons (Fsp3) is 0.636. The summed E-state index contributed by atoms with van der Waals surface area (Å²) in [6.45, 7) is 3.05. The van der Waals surface area contributed by atoms with Crippen LogP contribution in [0.25, 0.3) is 0 Å². The van der Waals surface area contributed by atoms with E-state index in [1.165, 1.54) is 0 Å². The van der Waals surface area contributed by atoms with Gasteiger partial charge < -0.3 is 14.7 Å². The van der Waals surface area contributed by atoms with Crippen molar-refractivity contribution in [2.75, 3.05) is 33.7 Å². The van der Waals surface area contributed by atoms with Crippen LogP contribution in [0.2, 0.25) is 0 Å². The molecule has 1 aromatic heterocycles. The van der Waals surface area contributed by atoms with Gasteiger partial charge in [0.1, 0.15) is 6.04 Å². The van der Waals surface area contributed by atoms with E-state index in [2.05, 4.69) is 15.4 Å². The number of piperazine rings is 1. The molecule has 1 fully saturated rings. The molecule has 6 nitrogen and oxygen atoms in total. The van der Waals surface area contributed by atoms with Crippen LogP contribution in [0.1, 0.15) is 5.76 Å². The maximum Gasteiger partial charge on any atom is 0.240 e. The predicted octanol–water partition coefficient (Wildman–Crippen LogP) is -0.463. The van der Waals surface area contributed by atoms with Gasteiger partial charge in [0.15, 0.2) is 5.76 Å². The summed E-state index contributed by atoms with van der Waals surface area (Å²) in [5.74, 6) is 0.917. The summed E-state index contributed by atoms with van der Waals surface area (Å²) < 4.78 is 5.09. The minimum Gasteiger partial charge on any atom is -0.360 e. The van der Waals surface area contributed by atoms with E-state index >= 15 is 0 Å². The van der Waals surface area contributed by atoms with Crippen molar-refractivity contribution in [2.45, 2.75) is 12.6 Å². The number of likely N-dealkylation sites (N-methyl/N-ethyl adjacent to an activating group) is 1. The fourth-order valence-electron chi connectivity index (χ4n) is 2.00. The number of nitrogens with zero attached hydrogens (tertiary/aromatic N) is 3. The Balaban J connectivity index is 2.04. The Morgan fingerprint density at radius 1 is 1.71 bits per heavy atom. The molecule has 1 aliphatic heterocycles. The molecule has 1 aromatic rings. The smallest absolute Gasteiger partial charge is 0.240 e. The molecular formula is C11H18N4O2. The molecule has 2 rings (SSSR count). The molecule has 0 radical (unpaired) electrons. The third kappa shape index (κ3) is 2.83. The van der Waals surface area contributed by atoms with Crippen molar-refractivity contribution in [3.63, 3.8) is 0 Å². The molecule has 0 aromatic carbocycles. The van der Waals surface area contributed by atoms with Crippen LogP contribution in [0.5, 0.6) is 0 Å². The molecule has 1 amide bonds. The fourth-order valence-corrected chi connectivity index (χ4v) is 2.00. The van der Waals surface area contributed by atoms with Crippen molar-refractivity contribution in [3.05, 3.63) is 18.0 Å². The molecule has 1 atom stereocenters. The summed E-state index contributed by atoms with van der Waals surface area (Å²) in [5, 5.41) is 6.92. The van der Waals surface area contributed by atoms with Crippen molar-refractivity contribution in [1.29, 1.82) is 0 Å². The van der Waals surface area contributed by atoms with Gasteiger partial charge in [-0.05, 0) is 0 Å². The second-order valence-electron chi connectivity index (χ2n) is 4.40. The number of amides is 1. The van der Waals surface area contributed by atoms with E-state index in [9.17, 15) is 4.79 Å². The zero-order valence-corrected chi connectivity index (χ0v) is 10.2. The predicted molar refractivity (Wildman–Crippen MR) is 62.3 cm³/mol. The van der Waals surface area contributed by atoms with Crippen LogP contribution in [0.4, 0.5) is 0 Å². The monoisotopic (exact) mass is 238 g/mol. The van der Waals surface area contributed by atoms with Crippen LogP contribution >= 0.6 is 0 Å². The minimum atomic E-state index is -0.121. The van der Waals surface area contributed by atoms with Gasteiger partial charge in [-0.15, -0.1) is 0 Å². The van der Waals surface area contributed by atoms with Crippen LogP contribution in [-0.4, -0.2) is 60.6 Å². The van der Waals surface area contributed by atoms with Crippen molar-refractivity contribution in [3.8, 4) is 0 Å². The highest BCUT2D eigenvalue weighted by atomic mass is 16.5. The molecule has 94 valence electrons. The molecule has 0 bridgehead atoms. The van der Waals surface area contributed by atoms with Crippen molar-refractivity contribution in [1.82, 2.24) is 20.3 Å². The highest BCUT2D eigenvalue weighted by Gasteiger charge is 2.30. The molecule has 1 aliphatic rings. The van der Waals surface area contributed by atoms with Gasteiger partial charge in [0.05, 0.1) is 12.7 Å². The minimum absolute atomic E-state index is 0.121. The van der Waals surface area contributed by atoms with Gasteiger partial charge in [0, 0.05) is 39.8 Å². The van der Waals surface area contributed by atoms with E-state index in [0.29, 0.717) is 13.1 Å². The molecule has 0 aliphatic carbocycles. The lowest BCUT2D eigenvalue weighted by molar-refractivity contribution is -0.135. The maximum absolute atomic E-state index is 12.0. The Bertz CT molecular complexity index is 364. The Hall–Kier alpha value is -1.40. The maximum atomic E-state index is 12.0. The Morgan fingerprint density at radius 2 is 2.53 bits per heavy atom. The van der Waals surface area contributed by atoms with Crippen molar-refractivity contribution in [2.24, 2.45) is 0 Å². The average Bonchev–Trinajstić information content (AvgIpc) is 2.81. The second-order valence-corrected chi connectivity index (χ2v) is 4.40. The van der Waals surface area contributed by atoms with Gasteiger partial charge >= 0.3 is 0 Å². The van der Waals surface area contributed by atoms with E-state index in [1.807, 2.05) is 6.07 Å². The zero-order chi connectivity index (χ0) is 12.3. The Labute approximate surface area is 101 Å². The van der Waals surface area contributed by atoms with E-state index in [1.54, 1.807) is 25.2 Å². The molecule has 2 heterocycles. The summed E-state index contributed by atoms with van der Waals surface area (Å²) in [6.07, 6.45) is 1.63. The molecule has 0 saturated carbocycles. The lowest BCUT2D eigenvalue weighted by atomic mass is 10.1. The standard InChI is InChI=1S/C11H18N4O2/c1-14(2)11(16)10-7-12-5-6-15(10)8-9-3-4-13-17-9/h3-4,10,12H,5-8H2,1-2H3. The van der Waals surface area contributed by atoms with Crippen LogP contribution in [-0.2, 0) is 11.3 Å². The molecule has 0 spiro atoms. The number of aromatic nitrogens is 1. The second kappa shape index (κ2) is 5.29. The van der Waals surface area contributed by atoms with Crippen LogP contribution in [0.3, 0.4) is 0 Å². The van der Waals surface area contributed by atoms with Gasteiger partial charge in [0.25, 0.3) is 0 Å². The Kier molecular flexibility index (Phi) is 3.75. The van der Waals surface area contributed by atoms with E-state index < -0.39 is 0 Å². The topological polar surface area (TPSA) is 61.6 Å². The van der Waals surface area contributed by atoms with Crippen molar-refractivity contribution < 1.29 is 9.32 Å². The molecular weight excluding hydrogens is 220 g/mol. The molecule has 6 heteroatoms. The normalized spacial score (nSPS) is 21.4. The third-order valence-electron chi connectivity index (χ3n) is 2.93. The van der Waals surface area contributed by atoms with Gasteiger partial charge in [-0.2, -0.15) is 0 Å². The summed E-state index contributed by atoms with van der Waals surface area (Å²) >= 11 is 0. The largest absolute Gasteiger partial charge is 0.360 e. The highest BCUT2D eigenvalue weighted by Crippen LogP contribution is 2.11. The lowest BCUT2D eigenvalue weighted by Gasteiger charge is -2.35. The Morgan fingerprint density at radius 3 is 3.18 bits per heavy atom. The number of rotatable bonds is 3. The van der Waals surface area contributed by atoms with Crippen LogP contribution < -0.4 is 5.32 Å². The summed E-state index contributed by atoms with van der Waals surface area (Å²) in [5.41, 5.74) is 0. The van der Waals surface area contributed by atoms with E-state index in [4.69, 9.17) is 4.52 Å². The van der Waals surface area contributed by atoms with Crippen LogP contribution in [0, 0.1) is 0 Å². The van der Waals surface area contributed by atoms with E-state index in [0.717, 1.165) is 18.8 Å². The first-order valence-corrected chi connectivity index (χ1v) is 5.74. The van der Waals surface area contributed by atoms with Crippen molar-refractivity contribution >= 4 is 5.91 Å². The summed E-state index contributed by atoms with van der Waals surface area (Å²) in [4.78, 5) is 15.8. The number of hydrogen-bond acceptors (Lipinski definition) is 5. The quantitative estimate of drug-likeness (QED) is 0.772. The summed E-state index contributed by atoms with van der Waals surface area (Å²) in [7, 11) is 3.56. The highest BCUT2D eigenvalue weighted by molar-refractivity contribution is 5.81. The van der Waals surface area contributed by atoms with E-state index in [-0.39, 0.29) is 11.9 Å². The van der Waals surface area contributed by atoms with Gasteiger partial charge in [-0.3, -0.25) is 9.69 Å². The third-order valence-corrected chi connectivity index (χ3v) is 2.93. The van der Waals surface area contributed by atoms with Gasteiger partial charge in [0.2, 0.25) is 5.91 Å². The van der Waals surface area contributed by atoms with Gasteiger partial charge in [-0.25, -0.2) is 0 Å². The molecule has 1 unspecified atom stereocenters. The number of nitrogens with one attached hydrogen (secondary N) is 1. The first kappa shape index (κ1) is 12.1. The molecule has 1 N–H and O–H groups in total.